The minimum absolute atomic E-state index is 0.0664. The van der Waals surface area contributed by atoms with E-state index in [-0.39, 0.29) is 11.3 Å². The normalized spacial score (nSPS) is 11.8. The third-order valence-corrected chi connectivity index (χ3v) is 5.22. The van der Waals surface area contributed by atoms with Gasteiger partial charge in [-0.2, -0.15) is 5.10 Å². The number of benzene rings is 2. The highest BCUT2D eigenvalue weighted by atomic mass is 35.5. The summed E-state index contributed by atoms with van der Waals surface area (Å²) in [6.45, 7) is 8.00. The second kappa shape index (κ2) is 8.74. The van der Waals surface area contributed by atoms with Gasteiger partial charge in [0.25, 0.3) is 0 Å². The van der Waals surface area contributed by atoms with Gasteiger partial charge < -0.3 is 10.3 Å². The van der Waals surface area contributed by atoms with Crippen molar-refractivity contribution in [3.8, 4) is 5.69 Å². The van der Waals surface area contributed by atoms with Crippen LogP contribution in [-0.4, -0.2) is 30.6 Å². The minimum Gasteiger partial charge on any atom is -0.342 e. The number of amides is 1. The fraction of sp³-hybridized carbons (Fsp3) is 0.333. The summed E-state index contributed by atoms with van der Waals surface area (Å²) < 4.78 is 1.86. The molecule has 0 atom stereocenters. The molecule has 2 N–H and O–H groups in total. The Labute approximate surface area is 192 Å². The molecule has 7 nitrogen and oxygen atoms in total. The minimum atomic E-state index is -0.113. The standard InChI is InChI=1S/C24H27ClN6O/c1-15(32)26-16-7-5-8-17(13-16)31-22(28-21(30-31)14-24(2,3)4)12-11-20-27-19-10-6-9-18(25)23(19)29-20/h5-10,13H,11-12,14H2,1-4H3,(H,26,32)(H,27,29). The van der Waals surface area contributed by atoms with Crippen LogP contribution in [0.4, 0.5) is 5.69 Å². The zero-order chi connectivity index (χ0) is 22.9. The lowest BCUT2D eigenvalue weighted by atomic mass is 9.92. The lowest BCUT2D eigenvalue weighted by Crippen LogP contribution is -2.11. The van der Waals surface area contributed by atoms with Gasteiger partial charge in [-0.15, -0.1) is 0 Å². The van der Waals surface area contributed by atoms with Gasteiger partial charge in [-0.25, -0.2) is 14.6 Å². The van der Waals surface area contributed by atoms with Crippen LogP contribution in [0.15, 0.2) is 42.5 Å². The molecule has 166 valence electrons. The van der Waals surface area contributed by atoms with Crippen LogP contribution in [0.3, 0.4) is 0 Å². The quantitative estimate of drug-likeness (QED) is 0.426. The molecule has 2 aromatic heterocycles. The fourth-order valence-corrected chi connectivity index (χ4v) is 3.84. The number of H-pyrrole nitrogens is 1. The number of para-hydroxylation sites is 1. The monoisotopic (exact) mass is 450 g/mol. The molecular weight excluding hydrogens is 424 g/mol. The van der Waals surface area contributed by atoms with Gasteiger partial charge >= 0.3 is 0 Å². The van der Waals surface area contributed by atoms with Crippen molar-refractivity contribution < 1.29 is 4.79 Å². The van der Waals surface area contributed by atoms with Gasteiger partial charge in [0.1, 0.15) is 17.2 Å². The second-order valence-electron chi connectivity index (χ2n) is 9.14. The molecule has 0 aliphatic carbocycles. The summed E-state index contributed by atoms with van der Waals surface area (Å²) in [5.74, 6) is 2.38. The molecule has 0 spiro atoms. The third kappa shape index (κ3) is 5.16. The van der Waals surface area contributed by atoms with E-state index in [0.29, 0.717) is 17.9 Å². The van der Waals surface area contributed by atoms with Crippen LogP contribution >= 0.6 is 11.6 Å². The number of anilines is 1. The van der Waals surface area contributed by atoms with Crippen molar-refractivity contribution >= 4 is 34.2 Å². The molecule has 0 bridgehead atoms. The van der Waals surface area contributed by atoms with E-state index in [2.05, 4.69) is 36.1 Å². The maximum absolute atomic E-state index is 11.5. The maximum Gasteiger partial charge on any atom is 0.221 e. The van der Waals surface area contributed by atoms with Crippen LogP contribution in [0.2, 0.25) is 5.02 Å². The zero-order valence-electron chi connectivity index (χ0n) is 18.7. The molecule has 8 heteroatoms. The van der Waals surface area contributed by atoms with E-state index in [9.17, 15) is 4.79 Å². The van der Waals surface area contributed by atoms with Gasteiger partial charge in [-0.05, 0) is 35.7 Å². The number of aromatic amines is 1. The Morgan fingerprint density at radius 2 is 1.91 bits per heavy atom. The van der Waals surface area contributed by atoms with Crippen molar-refractivity contribution in [2.24, 2.45) is 5.41 Å². The second-order valence-corrected chi connectivity index (χ2v) is 9.55. The predicted molar refractivity (Wildman–Crippen MR) is 127 cm³/mol. The number of carbonyl (C=O) groups is 1. The highest BCUT2D eigenvalue weighted by Crippen LogP contribution is 2.23. The molecule has 32 heavy (non-hydrogen) atoms. The number of rotatable bonds is 6. The van der Waals surface area contributed by atoms with E-state index < -0.39 is 0 Å². The van der Waals surface area contributed by atoms with E-state index in [0.717, 1.165) is 46.3 Å². The number of aromatic nitrogens is 5. The van der Waals surface area contributed by atoms with Crippen LogP contribution in [-0.2, 0) is 24.1 Å². The number of fused-ring (bicyclic) bond motifs is 1. The summed E-state index contributed by atoms with van der Waals surface area (Å²) >= 11 is 6.27. The summed E-state index contributed by atoms with van der Waals surface area (Å²) in [7, 11) is 0. The van der Waals surface area contributed by atoms with Crippen LogP contribution < -0.4 is 5.32 Å². The first kappa shape index (κ1) is 22.0. The first-order chi connectivity index (χ1) is 15.2. The Kier molecular flexibility index (Phi) is 6.02. The van der Waals surface area contributed by atoms with Crippen LogP contribution in [0.25, 0.3) is 16.7 Å². The van der Waals surface area contributed by atoms with Gasteiger partial charge in [0, 0.05) is 31.9 Å². The lowest BCUT2D eigenvalue weighted by Gasteiger charge is -2.14. The predicted octanol–water partition coefficient (Wildman–Crippen LogP) is 5.13. The van der Waals surface area contributed by atoms with Gasteiger partial charge in [-0.3, -0.25) is 4.79 Å². The number of imidazole rings is 1. The molecule has 2 aromatic carbocycles. The number of halogens is 1. The molecule has 0 fully saturated rings. The summed E-state index contributed by atoms with van der Waals surface area (Å²) in [5, 5.41) is 8.26. The van der Waals surface area contributed by atoms with Crippen molar-refractivity contribution in [2.75, 3.05) is 5.32 Å². The van der Waals surface area contributed by atoms with Crippen LogP contribution in [0, 0.1) is 5.41 Å². The largest absolute Gasteiger partial charge is 0.342 e. The number of hydrogen-bond donors (Lipinski definition) is 2. The molecule has 1 amide bonds. The summed E-state index contributed by atoms with van der Waals surface area (Å²) in [5.41, 5.74) is 3.34. The molecule has 0 unspecified atom stereocenters. The average Bonchev–Trinajstić information content (AvgIpc) is 3.29. The molecule has 2 heterocycles. The lowest BCUT2D eigenvalue weighted by molar-refractivity contribution is -0.114. The number of nitrogens with zero attached hydrogens (tertiary/aromatic N) is 4. The van der Waals surface area contributed by atoms with E-state index >= 15 is 0 Å². The van der Waals surface area contributed by atoms with E-state index in [1.807, 2.05) is 47.1 Å². The summed E-state index contributed by atoms with van der Waals surface area (Å²) in [4.78, 5) is 24.3. The number of aryl methyl sites for hydroxylation is 2. The molecule has 0 saturated heterocycles. The summed E-state index contributed by atoms with van der Waals surface area (Å²) in [6.07, 6.45) is 2.08. The number of hydrogen-bond acceptors (Lipinski definition) is 4. The topological polar surface area (TPSA) is 88.5 Å². The Morgan fingerprint density at radius 1 is 1.12 bits per heavy atom. The molecule has 4 rings (SSSR count). The van der Waals surface area contributed by atoms with Crippen molar-refractivity contribution in [1.82, 2.24) is 24.7 Å². The van der Waals surface area contributed by atoms with Gasteiger partial charge in [0.05, 0.1) is 16.2 Å². The maximum atomic E-state index is 11.5. The average molecular weight is 451 g/mol. The Morgan fingerprint density at radius 3 is 2.62 bits per heavy atom. The van der Waals surface area contributed by atoms with E-state index in [4.69, 9.17) is 21.7 Å². The molecule has 0 aliphatic rings. The molecular formula is C24H27ClN6O. The first-order valence-electron chi connectivity index (χ1n) is 10.6. The first-order valence-corrected chi connectivity index (χ1v) is 11.0. The van der Waals surface area contributed by atoms with Gasteiger partial charge in [0.15, 0.2) is 5.82 Å². The van der Waals surface area contributed by atoms with Crippen molar-refractivity contribution in [3.63, 3.8) is 0 Å². The Balaban J connectivity index is 1.65. The molecule has 0 aliphatic heterocycles. The Hall–Kier alpha value is -3.19. The summed E-state index contributed by atoms with van der Waals surface area (Å²) in [6, 6.07) is 13.3. The fourth-order valence-electron chi connectivity index (χ4n) is 3.63. The van der Waals surface area contributed by atoms with Crippen LogP contribution in [0.5, 0.6) is 0 Å². The highest BCUT2D eigenvalue weighted by molar-refractivity contribution is 6.34. The third-order valence-electron chi connectivity index (χ3n) is 4.92. The number of nitrogens with one attached hydrogen (secondary N) is 2. The molecule has 0 radical (unpaired) electrons. The SMILES string of the molecule is CC(=O)Nc1cccc(-n2nc(CC(C)(C)C)nc2CCc2nc3c(Cl)cccc3[nH]2)c1. The molecule has 0 saturated carbocycles. The van der Waals surface area contributed by atoms with Gasteiger partial charge in [0.2, 0.25) is 5.91 Å². The smallest absolute Gasteiger partial charge is 0.221 e. The van der Waals surface area contributed by atoms with Crippen LogP contribution in [0.1, 0.15) is 45.2 Å². The van der Waals surface area contributed by atoms with Gasteiger partial charge in [-0.1, -0.05) is 44.5 Å². The van der Waals surface area contributed by atoms with E-state index in [1.165, 1.54) is 6.92 Å². The van der Waals surface area contributed by atoms with E-state index in [1.54, 1.807) is 0 Å². The zero-order valence-corrected chi connectivity index (χ0v) is 19.5. The van der Waals surface area contributed by atoms with Crippen molar-refractivity contribution in [1.29, 1.82) is 0 Å². The van der Waals surface area contributed by atoms with Crippen molar-refractivity contribution in [3.05, 3.63) is 65.0 Å². The highest BCUT2D eigenvalue weighted by Gasteiger charge is 2.19. The number of carbonyl (C=O) groups excluding carboxylic acids is 1. The molecule has 4 aromatic rings. The van der Waals surface area contributed by atoms with Crippen molar-refractivity contribution in [2.45, 2.75) is 47.0 Å². The Bertz CT molecular complexity index is 1270.